The van der Waals surface area contributed by atoms with Crippen molar-refractivity contribution in [2.45, 2.75) is 43.9 Å². The zero-order valence-electron chi connectivity index (χ0n) is 18.0. The molecule has 4 rings (SSSR count). The van der Waals surface area contributed by atoms with Crippen molar-refractivity contribution in [3.05, 3.63) is 52.5 Å². The third kappa shape index (κ3) is 4.87. The molecular weight excluding hydrogens is 398 g/mol. The van der Waals surface area contributed by atoms with Crippen molar-refractivity contribution in [2.24, 2.45) is 0 Å². The first-order chi connectivity index (χ1) is 14.7. The minimum absolute atomic E-state index is 0.532. The molecule has 0 aromatic heterocycles. The van der Waals surface area contributed by atoms with Gasteiger partial charge < -0.3 is 19.1 Å². The highest BCUT2D eigenvalue weighted by atomic mass is 35.5. The Balaban J connectivity index is 1.33. The van der Waals surface area contributed by atoms with E-state index in [2.05, 4.69) is 23.1 Å². The lowest BCUT2D eigenvalue weighted by Gasteiger charge is -2.33. The molecule has 30 heavy (non-hydrogen) atoms. The van der Waals surface area contributed by atoms with E-state index in [0.717, 1.165) is 61.4 Å². The quantitative estimate of drug-likeness (QED) is 0.573. The third-order valence-corrected chi connectivity index (χ3v) is 6.86. The Morgan fingerprint density at radius 1 is 1.00 bits per heavy atom. The third-order valence-electron chi connectivity index (χ3n) is 6.63. The van der Waals surface area contributed by atoms with Gasteiger partial charge >= 0.3 is 0 Å². The van der Waals surface area contributed by atoms with Crippen LogP contribution in [0.15, 0.2) is 36.4 Å². The van der Waals surface area contributed by atoms with Crippen molar-refractivity contribution in [1.82, 2.24) is 4.90 Å². The van der Waals surface area contributed by atoms with Gasteiger partial charge in [-0.15, -0.1) is 0 Å². The number of rotatable bonds is 6. The van der Waals surface area contributed by atoms with Crippen LogP contribution in [0.3, 0.4) is 0 Å². The molecule has 2 aromatic carbocycles. The van der Waals surface area contributed by atoms with Crippen LogP contribution >= 0.6 is 11.6 Å². The van der Waals surface area contributed by atoms with Gasteiger partial charge in [0.15, 0.2) is 11.5 Å². The molecule has 0 spiro atoms. The fourth-order valence-electron chi connectivity index (χ4n) is 4.87. The number of hydrogen-bond acceptors (Lipinski definition) is 4. The van der Waals surface area contributed by atoms with E-state index < -0.39 is 0 Å². The number of fused-ring (bicyclic) bond motifs is 1. The molecule has 0 radical (unpaired) electrons. The second-order valence-electron chi connectivity index (χ2n) is 8.39. The number of hydrogen-bond donors (Lipinski definition) is 0. The van der Waals surface area contributed by atoms with Crippen LogP contribution in [0.4, 0.5) is 0 Å². The summed E-state index contributed by atoms with van der Waals surface area (Å²) in [5, 5.41) is 0.806. The predicted molar refractivity (Wildman–Crippen MR) is 122 cm³/mol. The van der Waals surface area contributed by atoms with Crippen molar-refractivity contribution in [1.29, 1.82) is 0 Å². The average molecular weight is 430 g/mol. The molecule has 2 heterocycles. The summed E-state index contributed by atoms with van der Waals surface area (Å²) < 4.78 is 16.8. The molecule has 2 aliphatic heterocycles. The molecule has 1 fully saturated rings. The zero-order valence-corrected chi connectivity index (χ0v) is 18.8. The first kappa shape index (κ1) is 21.3. The predicted octanol–water partition coefficient (Wildman–Crippen LogP) is 5.88. The van der Waals surface area contributed by atoms with Crippen molar-refractivity contribution < 1.29 is 14.2 Å². The molecule has 0 amide bonds. The Labute approximate surface area is 185 Å². The molecule has 0 bridgehead atoms. The minimum atomic E-state index is 0.532. The second kappa shape index (κ2) is 9.93. The largest absolute Gasteiger partial charge is 0.493 e. The molecular formula is C25H32ClNO3. The fraction of sp³-hybridized carbons (Fsp3) is 0.520. The van der Waals surface area contributed by atoms with E-state index in [1.807, 2.05) is 18.2 Å². The maximum atomic E-state index is 6.28. The number of halogens is 1. The standard InChI is InChI=1S/C25H32ClNO3/c1-28-24-7-5-20(16-25(24)29-2)18-9-12-27(13-10-18)14-11-19-4-3-15-30-23-8-6-21(26)17-22(19)23/h5-8,16-19H,3-4,9-15H2,1-2H3. The van der Waals surface area contributed by atoms with Gasteiger partial charge in [0.2, 0.25) is 0 Å². The van der Waals surface area contributed by atoms with Gasteiger partial charge in [0.05, 0.1) is 20.8 Å². The molecule has 0 N–H and O–H groups in total. The normalized spacial score (nSPS) is 20.2. The SMILES string of the molecule is COc1ccc(C2CCN(CCC3CCCOc4ccc(Cl)cc43)CC2)cc1OC. The van der Waals surface area contributed by atoms with E-state index in [0.29, 0.717) is 11.8 Å². The highest BCUT2D eigenvalue weighted by molar-refractivity contribution is 6.30. The molecule has 1 atom stereocenters. The summed E-state index contributed by atoms with van der Waals surface area (Å²) in [5.74, 6) is 3.77. The number of likely N-dealkylation sites (tertiary alicyclic amines) is 1. The molecule has 162 valence electrons. The van der Waals surface area contributed by atoms with Crippen molar-refractivity contribution >= 4 is 11.6 Å². The van der Waals surface area contributed by atoms with Crippen LogP contribution in [-0.4, -0.2) is 45.4 Å². The summed E-state index contributed by atoms with van der Waals surface area (Å²) in [5.41, 5.74) is 2.65. The van der Waals surface area contributed by atoms with E-state index in [1.165, 1.54) is 30.4 Å². The van der Waals surface area contributed by atoms with E-state index >= 15 is 0 Å². The molecule has 0 saturated carbocycles. The Hall–Kier alpha value is -1.91. The average Bonchev–Trinajstić information content (AvgIpc) is 2.99. The second-order valence-corrected chi connectivity index (χ2v) is 8.83. The van der Waals surface area contributed by atoms with E-state index in [1.54, 1.807) is 14.2 Å². The Kier molecular flexibility index (Phi) is 7.06. The lowest BCUT2D eigenvalue weighted by atomic mass is 9.88. The number of benzene rings is 2. The Morgan fingerprint density at radius 2 is 1.80 bits per heavy atom. The lowest BCUT2D eigenvalue weighted by Crippen LogP contribution is -2.34. The van der Waals surface area contributed by atoms with Crippen LogP contribution < -0.4 is 14.2 Å². The van der Waals surface area contributed by atoms with Crippen molar-refractivity contribution in [3.8, 4) is 17.2 Å². The maximum Gasteiger partial charge on any atom is 0.160 e. The van der Waals surface area contributed by atoms with Gasteiger partial charge in [0, 0.05) is 5.02 Å². The first-order valence-corrected chi connectivity index (χ1v) is 11.4. The van der Waals surface area contributed by atoms with Crippen LogP contribution in [0.25, 0.3) is 0 Å². The van der Waals surface area contributed by atoms with E-state index in [-0.39, 0.29) is 0 Å². The van der Waals surface area contributed by atoms with Crippen LogP contribution in [0.1, 0.15) is 55.1 Å². The van der Waals surface area contributed by atoms with Gasteiger partial charge in [0.25, 0.3) is 0 Å². The Morgan fingerprint density at radius 3 is 2.57 bits per heavy atom. The number of piperidine rings is 1. The number of methoxy groups -OCH3 is 2. The molecule has 1 saturated heterocycles. The first-order valence-electron chi connectivity index (χ1n) is 11.0. The van der Waals surface area contributed by atoms with Crippen LogP contribution in [0, 0.1) is 0 Å². The number of ether oxygens (including phenoxy) is 3. The summed E-state index contributed by atoms with van der Waals surface area (Å²) in [6.45, 7) is 4.23. The summed E-state index contributed by atoms with van der Waals surface area (Å²) in [4.78, 5) is 2.62. The zero-order chi connectivity index (χ0) is 20.9. The van der Waals surface area contributed by atoms with Crippen molar-refractivity contribution in [2.75, 3.05) is 40.5 Å². The van der Waals surface area contributed by atoms with Crippen LogP contribution in [0.5, 0.6) is 17.2 Å². The summed E-state index contributed by atoms with van der Waals surface area (Å²) in [7, 11) is 3.39. The molecule has 5 heteroatoms. The highest BCUT2D eigenvalue weighted by Gasteiger charge is 2.24. The summed E-state index contributed by atoms with van der Waals surface area (Å²) in [6.07, 6.45) is 5.82. The minimum Gasteiger partial charge on any atom is -0.493 e. The molecule has 0 aliphatic carbocycles. The topological polar surface area (TPSA) is 30.9 Å². The Bertz CT molecular complexity index is 848. The summed E-state index contributed by atoms with van der Waals surface area (Å²) >= 11 is 6.28. The lowest BCUT2D eigenvalue weighted by molar-refractivity contribution is 0.204. The van der Waals surface area contributed by atoms with Crippen molar-refractivity contribution in [3.63, 3.8) is 0 Å². The number of nitrogens with zero attached hydrogens (tertiary/aromatic N) is 1. The van der Waals surface area contributed by atoms with Crippen LogP contribution in [0.2, 0.25) is 5.02 Å². The monoisotopic (exact) mass is 429 g/mol. The van der Waals surface area contributed by atoms with Gasteiger partial charge in [-0.2, -0.15) is 0 Å². The molecule has 1 unspecified atom stereocenters. The highest BCUT2D eigenvalue weighted by Crippen LogP contribution is 2.38. The molecule has 2 aromatic rings. The molecule has 4 nitrogen and oxygen atoms in total. The van der Waals surface area contributed by atoms with Gasteiger partial charge in [-0.05, 0) is 105 Å². The van der Waals surface area contributed by atoms with E-state index in [4.69, 9.17) is 25.8 Å². The fourth-order valence-corrected chi connectivity index (χ4v) is 5.05. The van der Waals surface area contributed by atoms with Gasteiger partial charge in [-0.3, -0.25) is 0 Å². The van der Waals surface area contributed by atoms with E-state index in [9.17, 15) is 0 Å². The smallest absolute Gasteiger partial charge is 0.160 e. The van der Waals surface area contributed by atoms with Gasteiger partial charge in [-0.25, -0.2) is 0 Å². The van der Waals surface area contributed by atoms with Crippen LogP contribution in [-0.2, 0) is 0 Å². The maximum absolute atomic E-state index is 6.28. The van der Waals surface area contributed by atoms with Gasteiger partial charge in [-0.1, -0.05) is 17.7 Å². The molecule has 2 aliphatic rings. The summed E-state index contributed by atoms with van der Waals surface area (Å²) in [6, 6.07) is 12.4. The van der Waals surface area contributed by atoms with Gasteiger partial charge in [0.1, 0.15) is 5.75 Å².